The predicted molar refractivity (Wildman–Crippen MR) is 37.5 cm³/mol. The van der Waals surface area contributed by atoms with Gasteiger partial charge in [0.25, 0.3) is 0 Å². The van der Waals surface area contributed by atoms with E-state index in [4.69, 9.17) is 10.2 Å². The molecule has 52 valence electrons. The van der Waals surface area contributed by atoms with Gasteiger partial charge in [0.05, 0.1) is 0 Å². The molecule has 1 aromatic rings. The van der Waals surface area contributed by atoms with Gasteiger partial charge in [0.15, 0.2) is 5.76 Å². The lowest BCUT2D eigenvalue weighted by atomic mass is 10.3. The molecule has 0 aliphatic heterocycles. The van der Waals surface area contributed by atoms with Crippen LogP contribution in [0.15, 0.2) is 30.7 Å². The lowest BCUT2D eigenvalue weighted by molar-refractivity contribution is 0.430. The molecule has 10 heavy (non-hydrogen) atoms. The zero-order chi connectivity index (χ0) is 7.40. The minimum atomic E-state index is -0.222. The van der Waals surface area contributed by atoms with Crippen LogP contribution in [0.3, 0.4) is 0 Å². The van der Waals surface area contributed by atoms with E-state index in [9.17, 15) is 0 Å². The Morgan fingerprint density at radius 2 is 2.30 bits per heavy atom. The zero-order valence-corrected chi connectivity index (χ0v) is 5.23. The van der Waals surface area contributed by atoms with Crippen molar-refractivity contribution in [2.45, 2.75) is 0 Å². The monoisotopic (exact) mass is 137 g/mol. The summed E-state index contributed by atoms with van der Waals surface area (Å²) in [5, 5.41) is 17.2. The van der Waals surface area contributed by atoms with Crippen molar-refractivity contribution in [3.63, 3.8) is 0 Å². The van der Waals surface area contributed by atoms with Gasteiger partial charge in [0.2, 0.25) is 0 Å². The van der Waals surface area contributed by atoms with Gasteiger partial charge in [-0.2, -0.15) is 0 Å². The van der Waals surface area contributed by atoms with Gasteiger partial charge in [-0.05, 0) is 12.1 Å². The van der Waals surface area contributed by atoms with Crippen LogP contribution in [0.25, 0.3) is 5.76 Å². The molecule has 0 saturated carbocycles. The molecule has 1 aromatic heterocycles. The van der Waals surface area contributed by atoms with Crippen LogP contribution in [-0.4, -0.2) is 15.2 Å². The van der Waals surface area contributed by atoms with Gasteiger partial charge in [-0.15, -0.1) is 0 Å². The average Bonchev–Trinajstić information content (AvgIpc) is 2.05. The van der Waals surface area contributed by atoms with Gasteiger partial charge in [-0.3, -0.25) is 4.98 Å². The van der Waals surface area contributed by atoms with Crippen LogP contribution in [0.5, 0.6) is 0 Å². The molecule has 2 N–H and O–H groups in total. The number of hydrogen-bond acceptors (Lipinski definition) is 3. The molecular weight excluding hydrogens is 130 g/mol. The van der Waals surface area contributed by atoms with Crippen LogP contribution in [0.4, 0.5) is 0 Å². The summed E-state index contributed by atoms with van der Waals surface area (Å²) < 4.78 is 0. The number of pyridine rings is 1. The van der Waals surface area contributed by atoms with Crippen LogP contribution < -0.4 is 0 Å². The zero-order valence-electron chi connectivity index (χ0n) is 5.23. The second kappa shape index (κ2) is 2.87. The molecule has 3 nitrogen and oxygen atoms in total. The van der Waals surface area contributed by atoms with Crippen LogP contribution in [0.2, 0.25) is 0 Å². The quantitative estimate of drug-likeness (QED) is 0.576. The number of hydrogen-bond donors (Lipinski definition) is 2. The van der Waals surface area contributed by atoms with Gasteiger partial charge in [0.1, 0.15) is 12.0 Å². The summed E-state index contributed by atoms with van der Waals surface area (Å²) >= 11 is 0. The lowest BCUT2D eigenvalue weighted by Crippen LogP contribution is -1.85. The molecule has 0 aliphatic rings. The van der Waals surface area contributed by atoms with Crippen LogP contribution in [-0.2, 0) is 0 Å². The first kappa shape index (κ1) is 6.61. The molecule has 1 heterocycles. The van der Waals surface area contributed by atoms with E-state index in [1.807, 2.05) is 0 Å². The molecule has 0 aliphatic carbocycles. The number of rotatable bonds is 1. The molecule has 0 amide bonds. The van der Waals surface area contributed by atoms with E-state index in [0.717, 1.165) is 0 Å². The fraction of sp³-hybridized carbons (Fsp3) is 0. The molecule has 3 heteroatoms. The molecular formula is C7H7NO2. The molecule has 0 aromatic carbocycles. The third-order valence-electron chi connectivity index (χ3n) is 1.05. The highest BCUT2D eigenvalue weighted by atomic mass is 16.3. The van der Waals surface area contributed by atoms with Gasteiger partial charge in [-0.1, -0.05) is 6.07 Å². The largest absolute Gasteiger partial charge is 0.512 e. The smallest absolute Gasteiger partial charge is 0.175 e. The highest BCUT2D eigenvalue weighted by Crippen LogP contribution is 2.04. The highest BCUT2D eigenvalue weighted by molar-refractivity contribution is 5.52. The summed E-state index contributed by atoms with van der Waals surface area (Å²) in [6, 6.07) is 5.05. The maximum atomic E-state index is 8.88. The number of aliphatic hydroxyl groups excluding tert-OH is 2. The first-order valence-electron chi connectivity index (χ1n) is 2.79. The molecule has 0 unspecified atom stereocenters. The van der Waals surface area contributed by atoms with E-state index >= 15 is 0 Å². The summed E-state index contributed by atoms with van der Waals surface area (Å²) in [5.41, 5.74) is 0.366. The average molecular weight is 137 g/mol. The van der Waals surface area contributed by atoms with Gasteiger partial charge in [0, 0.05) is 6.20 Å². The van der Waals surface area contributed by atoms with Crippen LogP contribution in [0, 0.1) is 0 Å². The van der Waals surface area contributed by atoms with Crippen molar-refractivity contribution in [2.75, 3.05) is 0 Å². The Balaban J connectivity index is 2.96. The minimum Gasteiger partial charge on any atom is -0.512 e. The second-order valence-corrected chi connectivity index (χ2v) is 1.73. The molecule has 0 spiro atoms. The van der Waals surface area contributed by atoms with Crippen LogP contribution >= 0.6 is 0 Å². The Morgan fingerprint density at radius 1 is 1.50 bits per heavy atom. The summed E-state index contributed by atoms with van der Waals surface area (Å²) in [7, 11) is 0. The first-order chi connectivity index (χ1) is 4.84. The normalized spacial score (nSPS) is 11.4. The Kier molecular flexibility index (Phi) is 1.89. The third-order valence-corrected chi connectivity index (χ3v) is 1.05. The minimum absolute atomic E-state index is 0.222. The molecule has 0 radical (unpaired) electrons. The van der Waals surface area contributed by atoms with E-state index < -0.39 is 0 Å². The molecule has 0 saturated heterocycles. The summed E-state index contributed by atoms with van der Waals surface area (Å²) in [5.74, 6) is -0.222. The number of nitrogens with zero attached hydrogens (tertiary/aromatic N) is 1. The predicted octanol–water partition coefficient (Wildman–Crippen LogP) is 1.50. The lowest BCUT2D eigenvalue weighted by Gasteiger charge is -1.93. The molecule has 0 bridgehead atoms. The fourth-order valence-electron chi connectivity index (χ4n) is 0.580. The van der Waals surface area contributed by atoms with E-state index in [1.54, 1.807) is 18.2 Å². The Labute approximate surface area is 58.3 Å². The standard InChI is InChI=1S/C7H7NO2/c9-5-7(10)6-3-1-2-4-8-6/h1-5,9-10H/b7-5-. The molecule has 0 atom stereocenters. The van der Waals surface area contributed by atoms with Crippen molar-refractivity contribution in [3.05, 3.63) is 36.4 Å². The van der Waals surface area contributed by atoms with Crippen molar-refractivity contribution in [1.82, 2.24) is 4.98 Å². The molecule has 0 fully saturated rings. The van der Waals surface area contributed by atoms with Crippen molar-refractivity contribution in [2.24, 2.45) is 0 Å². The maximum Gasteiger partial charge on any atom is 0.175 e. The topological polar surface area (TPSA) is 53.4 Å². The van der Waals surface area contributed by atoms with Crippen molar-refractivity contribution < 1.29 is 10.2 Å². The van der Waals surface area contributed by atoms with Gasteiger partial charge >= 0.3 is 0 Å². The Hall–Kier alpha value is -1.51. The third kappa shape index (κ3) is 1.25. The first-order valence-corrected chi connectivity index (χ1v) is 2.79. The molecule has 1 rings (SSSR count). The van der Waals surface area contributed by atoms with Gasteiger partial charge < -0.3 is 10.2 Å². The Bertz CT molecular complexity index is 231. The van der Waals surface area contributed by atoms with E-state index in [1.165, 1.54) is 6.20 Å². The maximum absolute atomic E-state index is 8.88. The SMILES string of the molecule is O/C=C(\O)c1ccccn1. The van der Waals surface area contributed by atoms with Crippen LogP contribution in [0.1, 0.15) is 5.69 Å². The highest BCUT2D eigenvalue weighted by Gasteiger charge is 1.95. The van der Waals surface area contributed by atoms with Crippen molar-refractivity contribution in [3.8, 4) is 0 Å². The van der Waals surface area contributed by atoms with E-state index in [-0.39, 0.29) is 5.76 Å². The summed E-state index contributed by atoms with van der Waals surface area (Å²) in [6.45, 7) is 0. The fourth-order valence-corrected chi connectivity index (χ4v) is 0.580. The van der Waals surface area contributed by atoms with Crippen molar-refractivity contribution in [1.29, 1.82) is 0 Å². The van der Waals surface area contributed by atoms with Crippen molar-refractivity contribution >= 4 is 5.76 Å². The van der Waals surface area contributed by atoms with E-state index in [0.29, 0.717) is 12.0 Å². The number of aliphatic hydroxyl groups is 2. The summed E-state index contributed by atoms with van der Waals surface area (Å²) in [6.07, 6.45) is 2.15. The summed E-state index contributed by atoms with van der Waals surface area (Å²) in [4.78, 5) is 3.77. The Morgan fingerprint density at radius 3 is 2.80 bits per heavy atom. The number of aromatic nitrogens is 1. The second-order valence-electron chi connectivity index (χ2n) is 1.73. The van der Waals surface area contributed by atoms with Gasteiger partial charge in [-0.25, -0.2) is 0 Å². The van der Waals surface area contributed by atoms with E-state index in [2.05, 4.69) is 4.98 Å².